The number of carbonyl (C=O) groups excluding carboxylic acids is 1. The summed E-state index contributed by atoms with van der Waals surface area (Å²) in [5.41, 5.74) is 1.81. The summed E-state index contributed by atoms with van der Waals surface area (Å²) in [6, 6.07) is 5.18. The lowest BCUT2D eigenvalue weighted by Gasteiger charge is -2.13. The normalized spacial score (nSPS) is 14.0. The molecule has 0 saturated heterocycles. The van der Waals surface area contributed by atoms with Crippen molar-refractivity contribution in [2.45, 2.75) is 32.1 Å². The molecule has 1 aliphatic carbocycles. The number of amides is 2. The third-order valence-electron chi connectivity index (χ3n) is 3.47. The van der Waals surface area contributed by atoms with E-state index in [1.807, 2.05) is 6.07 Å². The molecule has 0 spiro atoms. The largest absolute Gasteiger partial charge is 0.338 e. The molecule has 4 nitrogen and oxygen atoms in total. The van der Waals surface area contributed by atoms with Crippen LogP contribution in [0.25, 0.3) is 0 Å². The number of hydrogen-bond donors (Lipinski definition) is 2. The number of carbonyl (C=O) groups is 1. The van der Waals surface area contributed by atoms with E-state index < -0.39 is 5.82 Å². The lowest BCUT2D eigenvalue weighted by Crippen LogP contribution is -2.30. The van der Waals surface area contributed by atoms with Gasteiger partial charge in [-0.25, -0.2) is 9.18 Å². The lowest BCUT2D eigenvalue weighted by atomic mass is 9.97. The second kappa shape index (κ2) is 7.44. The molecular weight excluding hydrogens is 269 g/mol. The Morgan fingerprint density at radius 2 is 2.24 bits per heavy atom. The Morgan fingerprint density at radius 1 is 1.38 bits per heavy atom. The van der Waals surface area contributed by atoms with Crippen LogP contribution in [0.4, 0.5) is 14.9 Å². The van der Waals surface area contributed by atoms with Gasteiger partial charge in [0.25, 0.3) is 0 Å². The molecule has 0 aromatic heterocycles. The van der Waals surface area contributed by atoms with Crippen molar-refractivity contribution in [3.63, 3.8) is 0 Å². The van der Waals surface area contributed by atoms with Gasteiger partial charge in [-0.3, -0.25) is 0 Å². The minimum atomic E-state index is -0.498. The van der Waals surface area contributed by atoms with Crippen molar-refractivity contribution in [1.29, 1.82) is 5.26 Å². The highest BCUT2D eigenvalue weighted by atomic mass is 19.1. The van der Waals surface area contributed by atoms with E-state index in [2.05, 4.69) is 16.7 Å². The van der Waals surface area contributed by atoms with Crippen molar-refractivity contribution in [1.82, 2.24) is 5.32 Å². The third-order valence-corrected chi connectivity index (χ3v) is 3.47. The molecule has 21 heavy (non-hydrogen) atoms. The van der Waals surface area contributed by atoms with Crippen LogP contribution in [0.15, 0.2) is 29.8 Å². The number of halogens is 1. The summed E-state index contributed by atoms with van der Waals surface area (Å²) in [5.74, 6) is -0.498. The van der Waals surface area contributed by atoms with Crippen LogP contribution in [-0.4, -0.2) is 12.6 Å². The summed E-state index contributed by atoms with van der Waals surface area (Å²) in [7, 11) is 0. The molecule has 2 N–H and O–H groups in total. The topological polar surface area (TPSA) is 64.9 Å². The molecule has 0 atom stereocenters. The predicted octanol–water partition coefficient (Wildman–Crippen LogP) is 3.71. The summed E-state index contributed by atoms with van der Waals surface area (Å²) >= 11 is 0. The van der Waals surface area contributed by atoms with Crippen LogP contribution >= 0.6 is 0 Å². The van der Waals surface area contributed by atoms with E-state index in [0.29, 0.717) is 12.2 Å². The summed E-state index contributed by atoms with van der Waals surface area (Å²) < 4.78 is 13.0. The first-order chi connectivity index (χ1) is 10.2. The number of nitrogens with one attached hydrogen (secondary N) is 2. The Labute approximate surface area is 123 Å². The second-order valence-electron chi connectivity index (χ2n) is 5.04. The van der Waals surface area contributed by atoms with Gasteiger partial charge in [-0.05, 0) is 50.3 Å². The Morgan fingerprint density at radius 3 is 2.95 bits per heavy atom. The van der Waals surface area contributed by atoms with E-state index >= 15 is 0 Å². The average Bonchev–Trinajstić information content (AvgIpc) is 2.50. The standard InChI is InChI=1S/C16H18FN3O/c17-14-6-7-15(13(10-14)11-18)20-16(21)19-9-8-12-4-2-1-3-5-12/h4,6-7,10H,1-3,5,8-9H2,(H2,19,20,21). The summed E-state index contributed by atoms with van der Waals surface area (Å²) in [6.07, 6.45) is 7.80. The minimum absolute atomic E-state index is 0.111. The molecule has 1 aromatic carbocycles. The third kappa shape index (κ3) is 4.60. The first-order valence-electron chi connectivity index (χ1n) is 7.11. The molecule has 5 heteroatoms. The van der Waals surface area contributed by atoms with E-state index in [4.69, 9.17) is 5.26 Å². The SMILES string of the molecule is N#Cc1cc(F)ccc1NC(=O)NCCC1=CCCCC1. The molecule has 1 aliphatic rings. The average molecular weight is 287 g/mol. The molecule has 0 aliphatic heterocycles. The van der Waals surface area contributed by atoms with Gasteiger partial charge >= 0.3 is 6.03 Å². The maximum absolute atomic E-state index is 13.0. The molecule has 1 aromatic rings. The molecule has 2 rings (SSSR count). The highest BCUT2D eigenvalue weighted by molar-refractivity contribution is 5.90. The van der Waals surface area contributed by atoms with Gasteiger partial charge in [0.2, 0.25) is 0 Å². The van der Waals surface area contributed by atoms with Crippen LogP contribution in [0.1, 0.15) is 37.7 Å². The maximum atomic E-state index is 13.0. The summed E-state index contributed by atoms with van der Waals surface area (Å²) in [4.78, 5) is 11.8. The van der Waals surface area contributed by atoms with Gasteiger partial charge in [0.05, 0.1) is 11.3 Å². The lowest BCUT2D eigenvalue weighted by molar-refractivity contribution is 0.252. The van der Waals surface area contributed by atoms with Gasteiger partial charge in [0, 0.05) is 6.54 Å². The molecule has 0 heterocycles. The van der Waals surface area contributed by atoms with E-state index in [1.165, 1.54) is 30.5 Å². The van der Waals surface area contributed by atoms with Crippen LogP contribution in [0.2, 0.25) is 0 Å². The van der Waals surface area contributed by atoms with Crippen LogP contribution in [0.5, 0.6) is 0 Å². The fourth-order valence-electron chi connectivity index (χ4n) is 2.35. The Hall–Kier alpha value is -2.35. The maximum Gasteiger partial charge on any atom is 0.319 e. The Bertz CT molecular complexity index is 590. The van der Waals surface area contributed by atoms with Crippen molar-refractivity contribution in [2.75, 3.05) is 11.9 Å². The number of rotatable bonds is 4. The smallest absolute Gasteiger partial charge is 0.319 e. The highest BCUT2D eigenvalue weighted by Gasteiger charge is 2.08. The zero-order valence-electron chi connectivity index (χ0n) is 11.8. The predicted molar refractivity (Wildman–Crippen MR) is 79.3 cm³/mol. The van der Waals surface area contributed by atoms with Crippen molar-refractivity contribution >= 4 is 11.7 Å². The molecule has 0 unspecified atom stereocenters. The van der Waals surface area contributed by atoms with Crippen molar-refractivity contribution in [2.24, 2.45) is 0 Å². The Balaban J connectivity index is 1.82. The van der Waals surface area contributed by atoms with Crippen LogP contribution in [0.3, 0.4) is 0 Å². The molecule has 0 radical (unpaired) electrons. The van der Waals surface area contributed by atoms with Gasteiger partial charge < -0.3 is 10.6 Å². The molecule has 0 saturated carbocycles. The fourth-order valence-corrected chi connectivity index (χ4v) is 2.35. The monoisotopic (exact) mass is 287 g/mol. The number of allylic oxidation sites excluding steroid dienone is 1. The molecule has 2 amide bonds. The summed E-state index contributed by atoms with van der Waals surface area (Å²) in [6.45, 7) is 0.556. The zero-order valence-corrected chi connectivity index (χ0v) is 11.8. The first kappa shape index (κ1) is 15.0. The van der Waals surface area contributed by atoms with Gasteiger partial charge in [-0.1, -0.05) is 11.6 Å². The van der Waals surface area contributed by atoms with E-state index in [1.54, 1.807) is 0 Å². The fraction of sp³-hybridized carbons (Fsp3) is 0.375. The highest BCUT2D eigenvalue weighted by Crippen LogP contribution is 2.19. The van der Waals surface area contributed by atoms with Crippen molar-refractivity contribution in [3.05, 3.63) is 41.2 Å². The second-order valence-corrected chi connectivity index (χ2v) is 5.04. The van der Waals surface area contributed by atoms with Crippen molar-refractivity contribution < 1.29 is 9.18 Å². The van der Waals surface area contributed by atoms with Gasteiger partial charge in [-0.15, -0.1) is 0 Å². The number of benzene rings is 1. The number of anilines is 1. The van der Waals surface area contributed by atoms with E-state index in [0.717, 1.165) is 25.3 Å². The number of hydrogen-bond acceptors (Lipinski definition) is 2. The van der Waals surface area contributed by atoms with E-state index in [-0.39, 0.29) is 11.6 Å². The van der Waals surface area contributed by atoms with Gasteiger partial charge in [0.15, 0.2) is 0 Å². The number of urea groups is 1. The zero-order chi connectivity index (χ0) is 15.1. The molecular formula is C16H18FN3O. The Kier molecular flexibility index (Phi) is 5.33. The minimum Gasteiger partial charge on any atom is -0.338 e. The quantitative estimate of drug-likeness (QED) is 0.829. The van der Waals surface area contributed by atoms with Crippen LogP contribution in [0, 0.1) is 17.1 Å². The van der Waals surface area contributed by atoms with Crippen molar-refractivity contribution in [3.8, 4) is 6.07 Å². The molecule has 0 fully saturated rings. The number of nitriles is 1. The van der Waals surface area contributed by atoms with Crippen LogP contribution < -0.4 is 10.6 Å². The first-order valence-corrected chi connectivity index (χ1v) is 7.11. The van der Waals surface area contributed by atoms with E-state index in [9.17, 15) is 9.18 Å². The molecule has 110 valence electrons. The van der Waals surface area contributed by atoms with Gasteiger partial charge in [0.1, 0.15) is 11.9 Å². The number of nitrogens with zero attached hydrogens (tertiary/aromatic N) is 1. The summed E-state index contributed by atoms with van der Waals surface area (Å²) in [5, 5.41) is 14.2. The van der Waals surface area contributed by atoms with Gasteiger partial charge in [-0.2, -0.15) is 5.26 Å². The molecule has 0 bridgehead atoms. The van der Waals surface area contributed by atoms with Crippen LogP contribution in [-0.2, 0) is 0 Å².